The van der Waals surface area contributed by atoms with E-state index in [-0.39, 0.29) is 6.09 Å². The van der Waals surface area contributed by atoms with Crippen LogP contribution in [0.1, 0.15) is 6.42 Å². The number of cyclic esters (lactones) is 1. The van der Waals surface area contributed by atoms with Gasteiger partial charge >= 0.3 is 6.09 Å². The molecule has 0 aromatic heterocycles. The van der Waals surface area contributed by atoms with Crippen molar-refractivity contribution in [2.75, 3.05) is 18.1 Å². The van der Waals surface area contributed by atoms with Crippen LogP contribution in [0.5, 0.6) is 0 Å². The fraction of sp³-hybridized carbons (Fsp3) is 0.300. The van der Waals surface area contributed by atoms with Gasteiger partial charge in [-0.2, -0.15) is 0 Å². The van der Waals surface area contributed by atoms with Crippen molar-refractivity contribution in [2.45, 2.75) is 6.42 Å². The fourth-order valence-corrected chi connectivity index (χ4v) is 1.39. The van der Waals surface area contributed by atoms with Crippen molar-refractivity contribution in [3.63, 3.8) is 0 Å². The third-order valence-corrected chi connectivity index (χ3v) is 2.04. The predicted molar refractivity (Wildman–Crippen MR) is 49.8 cm³/mol. The van der Waals surface area contributed by atoms with E-state index >= 15 is 0 Å². The van der Waals surface area contributed by atoms with Crippen LogP contribution in [0.15, 0.2) is 30.3 Å². The average Bonchev–Trinajstić information content (AvgIpc) is 2.20. The van der Waals surface area contributed by atoms with E-state index < -0.39 is 0 Å². The standard InChI is InChI=1S/C10H11NO2/c12-10-11(7-4-8-13-10)9-5-2-1-3-6-9/h1-3,5-6H,4,7-8H2. The van der Waals surface area contributed by atoms with Crippen LogP contribution in [-0.4, -0.2) is 19.2 Å². The SMILES string of the molecule is O=C1OCCCN1c1ccccc1. The summed E-state index contributed by atoms with van der Waals surface area (Å²) < 4.78 is 4.93. The molecule has 1 heterocycles. The topological polar surface area (TPSA) is 29.5 Å². The van der Waals surface area contributed by atoms with Gasteiger partial charge in [0.15, 0.2) is 0 Å². The molecule has 1 saturated heterocycles. The molecule has 1 fully saturated rings. The Morgan fingerprint density at radius 2 is 2.00 bits per heavy atom. The monoisotopic (exact) mass is 177 g/mol. The highest BCUT2D eigenvalue weighted by Gasteiger charge is 2.20. The summed E-state index contributed by atoms with van der Waals surface area (Å²) in [5.41, 5.74) is 0.909. The first-order valence-electron chi connectivity index (χ1n) is 4.37. The van der Waals surface area contributed by atoms with E-state index in [1.165, 1.54) is 0 Å². The Kier molecular flexibility index (Phi) is 2.17. The lowest BCUT2D eigenvalue weighted by Gasteiger charge is -2.26. The Balaban J connectivity index is 2.20. The van der Waals surface area contributed by atoms with Gasteiger partial charge < -0.3 is 4.74 Å². The summed E-state index contributed by atoms with van der Waals surface area (Å²) in [7, 11) is 0. The molecule has 0 atom stereocenters. The molecular formula is C10H11NO2. The summed E-state index contributed by atoms with van der Waals surface area (Å²) in [5.74, 6) is 0. The Morgan fingerprint density at radius 3 is 2.69 bits per heavy atom. The molecule has 1 aliphatic heterocycles. The summed E-state index contributed by atoms with van der Waals surface area (Å²) in [6.45, 7) is 1.30. The van der Waals surface area contributed by atoms with E-state index in [0.29, 0.717) is 6.61 Å². The summed E-state index contributed by atoms with van der Waals surface area (Å²) in [5, 5.41) is 0. The molecule has 0 radical (unpaired) electrons. The van der Waals surface area contributed by atoms with Gasteiger partial charge in [-0.1, -0.05) is 18.2 Å². The zero-order chi connectivity index (χ0) is 9.10. The molecule has 1 aromatic rings. The highest BCUT2D eigenvalue weighted by Crippen LogP contribution is 2.17. The van der Waals surface area contributed by atoms with E-state index in [2.05, 4.69) is 0 Å². The second-order valence-electron chi connectivity index (χ2n) is 2.96. The number of rotatable bonds is 1. The van der Waals surface area contributed by atoms with Crippen molar-refractivity contribution in [3.8, 4) is 0 Å². The van der Waals surface area contributed by atoms with Crippen LogP contribution in [0.3, 0.4) is 0 Å². The number of carbonyl (C=O) groups excluding carboxylic acids is 1. The van der Waals surface area contributed by atoms with Gasteiger partial charge in [0.2, 0.25) is 0 Å². The Labute approximate surface area is 76.9 Å². The first kappa shape index (κ1) is 8.10. The minimum atomic E-state index is -0.238. The predicted octanol–water partition coefficient (Wildman–Crippen LogP) is 2.03. The quantitative estimate of drug-likeness (QED) is 0.656. The lowest BCUT2D eigenvalue weighted by molar-refractivity contribution is 0.140. The Bertz CT molecular complexity index is 297. The lowest BCUT2D eigenvalue weighted by atomic mass is 10.2. The molecule has 2 rings (SSSR count). The van der Waals surface area contributed by atoms with E-state index in [1.54, 1.807) is 4.90 Å². The third-order valence-electron chi connectivity index (χ3n) is 2.04. The Morgan fingerprint density at radius 1 is 1.23 bits per heavy atom. The van der Waals surface area contributed by atoms with E-state index in [0.717, 1.165) is 18.7 Å². The molecule has 1 aromatic carbocycles. The number of anilines is 1. The van der Waals surface area contributed by atoms with Crippen LogP contribution >= 0.6 is 0 Å². The molecule has 13 heavy (non-hydrogen) atoms. The second kappa shape index (κ2) is 3.47. The zero-order valence-electron chi connectivity index (χ0n) is 7.27. The molecular weight excluding hydrogens is 166 g/mol. The van der Waals surface area contributed by atoms with Gasteiger partial charge in [-0.15, -0.1) is 0 Å². The number of amides is 1. The normalized spacial score (nSPS) is 16.9. The van der Waals surface area contributed by atoms with E-state index in [4.69, 9.17) is 4.74 Å². The van der Waals surface area contributed by atoms with Gasteiger partial charge in [-0.3, -0.25) is 4.90 Å². The van der Waals surface area contributed by atoms with E-state index in [9.17, 15) is 4.79 Å². The maximum Gasteiger partial charge on any atom is 0.414 e. The molecule has 3 nitrogen and oxygen atoms in total. The number of hydrogen-bond acceptors (Lipinski definition) is 2. The van der Waals surface area contributed by atoms with Crippen LogP contribution in [0.2, 0.25) is 0 Å². The smallest absolute Gasteiger partial charge is 0.414 e. The number of benzene rings is 1. The molecule has 0 aliphatic carbocycles. The maximum absolute atomic E-state index is 11.3. The fourth-order valence-electron chi connectivity index (χ4n) is 1.39. The van der Waals surface area contributed by atoms with E-state index in [1.807, 2.05) is 30.3 Å². The van der Waals surface area contributed by atoms with Gasteiger partial charge in [-0.05, 0) is 18.6 Å². The van der Waals surface area contributed by atoms with Crippen molar-refractivity contribution >= 4 is 11.8 Å². The number of carbonyl (C=O) groups is 1. The van der Waals surface area contributed by atoms with Crippen LogP contribution in [0.25, 0.3) is 0 Å². The minimum absolute atomic E-state index is 0.238. The number of nitrogens with zero attached hydrogens (tertiary/aromatic N) is 1. The van der Waals surface area contributed by atoms with Crippen LogP contribution < -0.4 is 4.90 Å². The number of para-hydroxylation sites is 1. The second-order valence-corrected chi connectivity index (χ2v) is 2.96. The van der Waals surface area contributed by atoms with Crippen molar-refractivity contribution < 1.29 is 9.53 Å². The summed E-state index contributed by atoms with van der Waals surface area (Å²) in [6, 6.07) is 9.58. The van der Waals surface area contributed by atoms with Gasteiger partial charge in [0.1, 0.15) is 0 Å². The molecule has 68 valence electrons. The van der Waals surface area contributed by atoms with Gasteiger partial charge in [-0.25, -0.2) is 4.79 Å². The molecule has 0 unspecified atom stereocenters. The first-order valence-corrected chi connectivity index (χ1v) is 4.37. The Hall–Kier alpha value is -1.51. The third kappa shape index (κ3) is 1.64. The number of hydrogen-bond donors (Lipinski definition) is 0. The van der Waals surface area contributed by atoms with Gasteiger partial charge in [0.05, 0.1) is 6.61 Å². The molecule has 0 spiro atoms. The van der Waals surface area contributed by atoms with Crippen molar-refractivity contribution in [1.29, 1.82) is 0 Å². The van der Waals surface area contributed by atoms with Gasteiger partial charge in [0.25, 0.3) is 0 Å². The summed E-state index contributed by atoms with van der Waals surface area (Å²) in [6.07, 6.45) is 0.665. The average molecular weight is 177 g/mol. The van der Waals surface area contributed by atoms with Crippen LogP contribution in [0, 0.1) is 0 Å². The van der Waals surface area contributed by atoms with Crippen LogP contribution in [0.4, 0.5) is 10.5 Å². The molecule has 1 aliphatic rings. The van der Waals surface area contributed by atoms with Crippen molar-refractivity contribution in [1.82, 2.24) is 0 Å². The molecule has 1 amide bonds. The summed E-state index contributed by atoms with van der Waals surface area (Å²) in [4.78, 5) is 13.0. The molecule has 3 heteroatoms. The van der Waals surface area contributed by atoms with Gasteiger partial charge in [0, 0.05) is 12.2 Å². The first-order chi connectivity index (χ1) is 6.38. The molecule has 0 bridgehead atoms. The largest absolute Gasteiger partial charge is 0.449 e. The van der Waals surface area contributed by atoms with Crippen molar-refractivity contribution in [3.05, 3.63) is 30.3 Å². The lowest BCUT2D eigenvalue weighted by Crippen LogP contribution is -2.37. The molecule has 0 N–H and O–H groups in total. The minimum Gasteiger partial charge on any atom is -0.449 e. The van der Waals surface area contributed by atoms with Crippen molar-refractivity contribution in [2.24, 2.45) is 0 Å². The maximum atomic E-state index is 11.3. The summed E-state index contributed by atoms with van der Waals surface area (Å²) >= 11 is 0. The highest BCUT2D eigenvalue weighted by molar-refractivity contribution is 5.88. The molecule has 0 saturated carbocycles. The number of ether oxygens (including phenoxy) is 1. The highest BCUT2D eigenvalue weighted by atomic mass is 16.6. The zero-order valence-corrected chi connectivity index (χ0v) is 7.27. The van der Waals surface area contributed by atoms with Crippen LogP contribution in [-0.2, 0) is 4.74 Å².